The highest BCUT2D eigenvalue weighted by Crippen LogP contribution is 2.41. The third kappa shape index (κ3) is 2.66. The van der Waals surface area contributed by atoms with Gasteiger partial charge in [-0.15, -0.1) is 0 Å². The largest absolute Gasteiger partial charge is 0.481 e. The van der Waals surface area contributed by atoms with Gasteiger partial charge < -0.3 is 5.11 Å². The molecule has 0 aliphatic heterocycles. The molecule has 1 fully saturated rings. The Kier molecular flexibility index (Phi) is 4.23. The minimum absolute atomic E-state index is 0.0971. The molecule has 1 saturated carbocycles. The Hall–Kier alpha value is -0.970. The first-order valence-corrected chi connectivity index (χ1v) is 7.08. The van der Waals surface area contributed by atoms with Gasteiger partial charge in [0.25, 0.3) is 6.43 Å². The van der Waals surface area contributed by atoms with Gasteiger partial charge in [0.1, 0.15) is 0 Å². The number of aliphatic carboxylic acids is 1. The highest BCUT2D eigenvalue weighted by molar-refractivity contribution is 9.10. The molecule has 2 rings (SSSR count). The summed E-state index contributed by atoms with van der Waals surface area (Å²) in [6, 6.07) is 4.40. The number of halogens is 3. The average molecular weight is 333 g/mol. The average Bonchev–Trinajstić information content (AvgIpc) is 2.38. The van der Waals surface area contributed by atoms with Crippen molar-refractivity contribution in [2.24, 2.45) is 0 Å². The van der Waals surface area contributed by atoms with E-state index in [0.717, 1.165) is 19.3 Å². The summed E-state index contributed by atoms with van der Waals surface area (Å²) in [4.78, 5) is 11.6. The summed E-state index contributed by atoms with van der Waals surface area (Å²) in [5.41, 5.74) is -0.391. The summed E-state index contributed by atoms with van der Waals surface area (Å²) in [6.07, 6.45) is 1.34. The normalized spacial score (nSPS) is 18.5. The van der Waals surface area contributed by atoms with Crippen molar-refractivity contribution in [2.45, 2.75) is 43.9 Å². The van der Waals surface area contributed by atoms with E-state index >= 15 is 0 Å². The van der Waals surface area contributed by atoms with Crippen molar-refractivity contribution < 1.29 is 18.7 Å². The molecule has 0 spiro atoms. The van der Waals surface area contributed by atoms with Crippen LogP contribution in [0.15, 0.2) is 22.7 Å². The first-order chi connectivity index (χ1) is 8.97. The van der Waals surface area contributed by atoms with Gasteiger partial charge in [-0.3, -0.25) is 4.79 Å². The monoisotopic (exact) mass is 332 g/mol. The van der Waals surface area contributed by atoms with Gasteiger partial charge in [0.15, 0.2) is 0 Å². The van der Waals surface area contributed by atoms with Crippen LogP contribution < -0.4 is 0 Å². The fourth-order valence-corrected chi connectivity index (χ4v) is 3.33. The van der Waals surface area contributed by atoms with Gasteiger partial charge >= 0.3 is 5.97 Å². The van der Waals surface area contributed by atoms with Gasteiger partial charge in [-0.25, -0.2) is 8.78 Å². The molecule has 1 aromatic rings. The zero-order chi connectivity index (χ0) is 14.0. The second-order valence-corrected chi connectivity index (χ2v) is 5.84. The van der Waals surface area contributed by atoms with E-state index in [1.807, 2.05) is 0 Å². The molecular formula is C14H15BrF2O2. The molecule has 1 aromatic carbocycles. The van der Waals surface area contributed by atoms with Crippen molar-refractivity contribution in [2.75, 3.05) is 0 Å². The van der Waals surface area contributed by atoms with Crippen molar-refractivity contribution in [3.63, 3.8) is 0 Å². The molecule has 104 valence electrons. The number of hydrogen-bond acceptors (Lipinski definition) is 1. The predicted octanol–water partition coefficient (Wildman–Crippen LogP) is 4.67. The molecule has 0 saturated heterocycles. The topological polar surface area (TPSA) is 37.3 Å². The fraction of sp³-hybridized carbons (Fsp3) is 0.500. The molecule has 0 atom stereocenters. The molecule has 19 heavy (non-hydrogen) atoms. The Morgan fingerprint density at radius 2 is 1.89 bits per heavy atom. The van der Waals surface area contributed by atoms with Crippen molar-refractivity contribution in [3.05, 3.63) is 33.8 Å². The standard InChI is InChI=1S/C14H15BrF2O2/c15-11-8-9(4-5-10(11)12(16)17)14(13(18)19)6-2-1-3-7-14/h4-5,8,12H,1-3,6-7H2,(H,18,19). The lowest BCUT2D eigenvalue weighted by Gasteiger charge is -2.34. The van der Waals surface area contributed by atoms with E-state index in [0.29, 0.717) is 18.4 Å². The molecule has 0 bridgehead atoms. The Balaban J connectivity index is 2.43. The summed E-state index contributed by atoms with van der Waals surface area (Å²) in [5, 5.41) is 9.55. The number of benzene rings is 1. The molecule has 0 heterocycles. The van der Waals surface area contributed by atoms with Crippen LogP contribution in [0.2, 0.25) is 0 Å². The molecule has 0 radical (unpaired) electrons. The van der Waals surface area contributed by atoms with Crippen LogP contribution in [0, 0.1) is 0 Å². The Labute approximate surface area is 118 Å². The minimum atomic E-state index is -2.56. The van der Waals surface area contributed by atoms with E-state index in [1.165, 1.54) is 12.1 Å². The van der Waals surface area contributed by atoms with Crippen molar-refractivity contribution in [1.29, 1.82) is 0 Å². The number of carboxylic acids is 1. The molecule has 1 aliphatic rings. The molecule has 2 nitrogen and oxygen atoms in total. The van der Waals surface area contributed by atoms with Crippen LogP contribution in [0.5, 0.6) is 0 Å². The molecule has 5 heteroatoms. The molecular weight excluding hydrogens is 318 g/mol. The van der Waals surface area contributed by atoms with Gasteiger partial charge in [0, 0.05) is 10.0 Å². The minimum Gasteiger partial charge on any atom is -0.481 e. The maximum absolute atomic E-state index is 12.7. The number of rotatable bonds is 3. The van der Waals surface area contributed by atoms with Crippen molar-refractivity contribution >= 4 is 21.9 Å². The summed E-state index contributed by atoms with van der Waals surface area (Å²) in [6.45, 7) is 0. The van der Waals surface area contributed by atoms with E-state index in [9.17, 15) is 18.7 Å². The number of hydrogen-bond donors (Lipinski definition) is 1. The van der Waals surface area contributed by atoms with Gasteiger partial charge in [-0.1, -0.05) is 47.3 Å². The van der Waals surface area contributed by atoms with Crippen LogP contribution in [-0.4, -0.2) is 11.1 Å². The van der Waals surface area contributed by atoms with Crippen LogP contribution in [0.1, 0.15) is 49.7 Å². The zero-order valence-electron chi connectivity index (χ0n) is 10.3. The van der Waals surface area contributed by atoms with E-state index in [-0.39, 0.29) is 10.0 Å². The lowest BCUT2D eigenvalue weighted by atomic mass is 9.69. The third-order valence-corrected chi connectivity index (χ3v) is 4.59. The number of carbonyl (C=O) groups is 1. The lowest BCUT2D eigenvalue weighted by molar-refractivity contribution is -0.145. The predicted molar refractivity (Wildman–Crippen MR) is 71.5 cm³/mol. The van der Waals surface area contributed by atoms with Crippen molar-refractivity contribution in [3.8, 4) is 0 Å². The summed E-state index contributed by atoms with van der Waals surface area (Å²) in [5.74, 6) is -0.858. The maximum atomic E-state index is 12.7. The summed E-state index contributed by atoms with van der Waals surface area (Å²) >= 11 is 3.11. The molecule has 0 unspecified atom stereocenters. The molecule has 1 aliphatic carbocycles. The van der Waals surface area contributed by atoms with Crippen LogP contribution in [-0.2, 0) is 10.2 Å². The SMILES string of the molecule is O=C(O)C1(c2ccc(C(F)F)c(Br)c2)CCCCC1. The summed E-state index contributed by atoms with van der Waals surface area (Å²) in [7, 11) is 0. The van der Waals surface area contributed by atoms with Crippen LogP contribution in [0.4, 0.5) is 8.78 Å². The Bertz CT molecular complexity index is 482. The first-order valence-electron chi connectivity index (χ1n) is 6.29. The number of alkyl halides is 2. The summed E-state index contributed by atoms with van der Waals surface area (Å²) < 4.78 is 25.7. The first kappa shape index (κ1) is 14.4. The van der Waals surface area contributed by atoms with Gasteiger partial charge in [-0.2, -0.15) is 0 Å². The van der Waals surface area contributed by atoms with E-state index in [2.05, 4.69) is 15.9 Å². The van der Waals surface area contributed by atoms with Gasteiger partial charge in [0.05, 0.1) is 5.41 Å². The molecule has 0 amide bonds. The van der Waals surface area contributed by atoms with Gasteiger partial charge in [-0.05, 0) is 24.5 Å². The lowest BCUT2D eigenvalue weighted by Crippen LogP contribution is -2.37. The molecule has 0 aromatic heterocycles. The second kappa shape index (κ2) is 5.57. The zero-order valence-corrected chi connectivity index (χ0v) is 11.9. The highest BCUT2D eigenvalue weighted by atomic mass is 79.9. The smallest absolute Gasteiger partial charge is 0.314 e. The number of carboxylic acid groups (broad SMARTS) is 1. The van der Waals surface area contributed by atoms with Crippen LogP contribution in [0.3, 0.4) is 0 Å². The Morgan fingerprint density at radius 1 is 1.26 bits per heavy atom. The maximum Gasteiger partial charge on any atom is 0.314 e. The third-order valence-electron chi connectivity index (χ3n) is 3.90. The van der Waals surface area contributed by atoms with E-state index < -0.39 is 17.8 Å². The fourth-order valence-electron chi connectivity index (χ4n) is 2.78. The van der Waals surface area contributed by atoms with Crippen LogP contribution >= 0.6 is 15.9 Å². The van der Waals surface area contributed by atoms with Gasteiger partial charge in [0.2, 0.25) is 0 Å². The quantitative estimate of drug-likeness (QED) is 0.872. The van der Waals surface area contributed by atoms with E-state index in [1.54, 1.807) is 6.07 Å². The van der Waals surface area contributed by atoms with Crippen molar-refractivity contribution in [1.82, 2.24) is 0 Å². The second-order valence-electron chi connectivity index (χ2n) is 4.98. The molecule has 1 N–H and O–H groups in total. The Morgan fingerprint density at radius 3 is 2.37 bits per heavy atom. The highest BCUT2D eigenvalue weighted by Gasteiger charge is 2.41. The van der Waals surface area contributed by atoms with Crippen LogP contribution in [0.25, 0.3) is 0 Å². The van der Waals surface area contributed by atoms with E-state index in [4.69, 9.17) is 0 Å².